The van der Waals surface area contributed by atoms with E-state index in [2.05, 4.69) is 5.32 Å². The fourth-order valence-corrected chi connectivity index (χ4v) is 2.98. The van der Waals surface area contributed by atoms with Crippen LogP contribution in [0.15, 0.2) is 36.4 Å². The van der Waals surface area contributed by atoms with Gasteiger partial charge in [-0.2, -0.15) is 0 Å². The van der Waals surface area contributed by atoms with Crippen LogP contribution >= 0.6 is 11.6 Å². The van der Waals surface area contributed by atoms with Crippen molar-refractivity contribution < 1.29 is 19.2 Å². The van der Waals surface area contributed by atoms with Gasteiger partial charge in [-0.25, -0.2) is 0 Å². The Morgan fingerprint density at radius 1 is 1.32 bits per heavy atom. The van der Waals surface area contributed by atoms with Crippen LogP contribution in [-0.2, 0) is 9.59 Å². The van der Waals surface area contributed by atoms with E-state index >= 15 is 0 Å². The third-order valence-corrected chi connectivity index (χ3v) is 4.35. The summed E-state index contributed by atoms with van der Waals surface area (Å²) in [5.74, 6) is -0.644. The van der Waals surface area contributed by atoms with Crippen molar-refractivity contribution in [3.63, 3.8) is 0 Å². The molecular weight excluding hydrogens is 388 g/mol. The normalized spacial score (nSPS) is 12.8. The largest absolute Gasteiger partial charge is 0.482 e. The number of hydrogen-bond donors (Lipinski definition) is 1. The average molecular weight is 405 g/mol. The maximum atomic E-state index is 12.6. The Morgan fingerprint density at radius 2 is 2.07 bits per heavy atom. The van der Waals surface area contributed by atoms with E-state index < -0.39 is 16.7 Å². The molecule has 0 unspecified atom stereocenters. The van der Waals surface area contributed by atoms with Crippen molar-refractivity contribution in [1.29, 1.82) is 0 Å². The van der Waals surface area contributed by atoms with Crippen LogP contribution in [0.25, 0.3) is 0 Å². The van der Waals surface area contributed by atoms with Gasteiger partial charge in [0.1, 0.15) is 12.3 Å². The number of non-ortho nitro benzene ring substituents is 1. The molecule has 0 atom stereocenters. The van der Waals surface area contributed by atoms with Crippen molar-refractivity contribution in [3.05, 3.63) is 51.5 Å². The molecule has 1 aliphatic heterocycles. The average Bonchev–Trinajstić information content (AvgIpc) is 2.63. The molecule has 0 saturated heterocycles. The smallest absolute Gasteiger partial charge is 0.271 e. The van der Waals surface area contributed by atoms with E-state index in [4.69, 9.17) is 16.3 Å². The fraction of sp³-hybridized carbons (Fsp3) is 0.222. The minimum absolute atomic E-state index is 0.180. The minimum Gasteiger partial charge on any atom is -0.482 e. The van der Waals surface area contributed by atoms with E-state index in [1.54, 1.807) is 18.2 Å². The molecule has 10 heteroatoms. The molecular formula is C18H17ClN4O5. The van der Waals surface area contributed by atoms with Gasteiger partial charge in [0.25, 0.3) is 11.6 Å². The zero-order valence-corrected chi connectivity index (χ0v) is 15.9. The van der Waals surface area contributed by atoms with E-state index in [0.29, 0.717) is 16.5 Å². The van der Waals surface area contributed by atoms with Crippen LogP contribution in [0.2, 0.25) is 5.02 Å². The van der Waals surface area contributed by atoms with Gasteiger partial charge in [-0.05, 0) is 24.3 Å². The molecule has 0 bridgehead atoms. The first-order valence-corrected chi connectivity index (χ1v) is 8.62. The molecule has 1 aliphatic rings. The number of halogens is 1. The summed E-state index contributed by atoms with van der Waals surface area (Å²) in [5.41, 5.74) is 1.20. The van der Waals surface area contributed by atoms with E-state index in [1.807, 2.05) is 19.0 Å². The van der Waals surface area contributed by atoms with Gasteiger partial charge in [0.2, 0.25) is 5.91 Å². The monoisotopic (exact) mass is 404 g/mol. The Balaban J connectivity index is 1.85. The number of fused-ring (bicyclic) bond motifs is 1. The van der Waals surface area contributed by atoms with Crippen molar-refractivity contribution in [2.24, 2.45) is 0 Å². The van der Waals surface area contributed by atoms with E-state index in [0.717, 1.165) is 5.69 Å². The Labute approximate surface area is 165 Å². The molecule has 0 fully saturated rings. The highest BCUT2D eigenvalue weighted by Gasteiger charge is 2.29. The number of benzene rings is 2. The van der Waals surface area contributed by atoms with Crippen molar-refractivity contribution in [1.82, 2.24) is 0 Å². The van der Waals surface area contributed by atoms with Gasteiger partial charge in [-0.15, -0.1) is 0 Å². The lowest BCUT2D eigenvalue weighted by molar-refractivity contribution is -0.384. The van der Waals surface area contributed by atoms with E-state index in [-0.39, 0.29) is 24.5 Å². The second-order valence-electron chi connectivity index (χ2n) is 6.28. The summed E-state index contributed by atoms with van der Waals surface area (Å²) in [6.07, 6.45) is 0. The van der Waals surface area contributed by atoms with E-state index in [1.165, 1.54) is 23.1 Å². The summed E-state index contributed by atoms with van der Waals surface area (Å²) in [6.45, 7) is -0.575. The molecule has 0 spiro atoms. The number of ether oxygens (including phenoxy) is 1. The number of hydrogen-bond acceptors (Lipinski definition) is 6. The molecule has 3 rings (SSSR count). The summed E-state index contributed by atoms with van der Waals surface area (Å²) in [6, 6.07) is 8.97. The summed E-state index contributed by atoms with van der Waals surface area (Å²) < 4.78 is 5.30. The molecule has 146 valence electrons. The molecule has 9 nitrogen and oxygen atoms in total. The predicted octanol–water partition coefficient (Wildman–Crippen LogP) is 2.68. The van der Waals surface area contributed by atoms with Crippen molar-refractivity contribution >= 4 is 46.2 Å². The fourth-order valence-electron chi connectivity index (χ4n) is 2.81. The SMILES string of the molecule is CN(C)c1ccc(Cl)cc1NC(=O)CN1C(=O)COc2ccc([N+](=O)[O-])cc21. The number of anilines is 3. The highest BCUT2D eigenvalue weighted by molar-refractivity contribution is 6.31. The quantitative estimate of drug-likeness (QED) is 0.606. The van der Waals surface area contributed by atoms with Gasteiger partial charge in [-0.1, -0.05) is 11.6 Å². The first kappa shape index (κ1) is 19.4. The first-order chi connectivity index (χ1) is 13.3. The molecule has 0 aromatic heterocycles. The summed E-state index contributed by atoms with van der Waals surface area (Å²) >= 11 is 6.02. The Bertz CT molecular complexity index is 963. The van der Waals surface area contributed by atoms with Crippen LogP contribution < -0.4 is 19.9 Å². The highest BCUT2D eigenvalue weighted by atomic mass is 35.5. The maximum absolute atomic E-state index is 12.6. The van der Waals surface area contributed by atoms with Crippen molar-refractivity contribution in [3.8, 4) is 5.75 Å². The van der Waals surface area contributed by atoms with Crippen LogP contribution in [0, 0.1) is 10.1 Å². The molecule has 0 saturated carbocycles. The molecule has 2 aromatic rings. The zero-order valence-electron chi connectivity index (χ0n) is 15.1. The predicted molar refractivity (Wildman–Crippen MR) is 105 cm³/mol. The first-order valence-electron chi connectivity index (χ1n) is 8.24. The number of nitrogens with one attached hydrogen (secondary N) is 1. The lowest BCUT2D eigenvalue weighted by Crippen LogP contribution is -2.43. The number of rotatable bonds is 5. The second kappa shape index (κ2) is 7.73. The number of amides is 2. The Kier molecular flexibility index (Phi) is 5.36. The van der Waals surface area contributed by atoms with Crippen LogP contribution in [0.5, 0.6) is 5.75 Å². The van der Waals surface area contributed by atoms with Gasteiger partial charge in [0.15, 0.2) is 6.61 Å². The second-order valence-corrected chi connectivity index (χ2v) is 6.72. The molecule has 2 aromatic carbocycles. The van der Waals surface area contributed by atoms with Crippen molar-refractivity contribution in [2.45, 2.75) is 0 Å². The number of carbonyl (C=O) groups excluding carboxylic acids is 2. The topological polar surface area (TPSA) is 105 Å². The molecule has 1 N–H and O–H groups in total. The van der Waals surface area contributed by atoms with Gasteiger partial charge >= 0.3 is 0 Å². The highest BCUT2D eigenvalue weighted by Crippen LogP contribution is 2.35. The number of nitro benzene ring substituents is 1. The third kappa shape index (κ3) is 3.99. The zero-order chi connectivity index (χ0) is 20.4. The molecule has 28 heavy (non-hydrogen) atoms. The summed E-state index contributed by atoms with van der Waals surface area (Å²) in [7, 11) is 3.64. The van der Waals surface area contributed by atoms with Gasteiger partial charge in [0, 0.05) is 31.3 Å². The lowest BCUT2D eigenvalue weighted by Gasteiger charge is -2.28. The Morgan fingerprint density at radius 3 is 2.75 bits per heavy atom. The van der Waals surface area contributed by atoms with Gasteiger partial charge in [-0.3, -0.25) is 24.6 Å². The lowest BCUT2D eigenvalue weighted by atomic mass is 10.2. The Hall–Kier alpha value is -3.33. The molecule has 0 aliphatic carbocycles. The third-order valence-electron chi connectivity index (χ3n) is 4.11. The van der Waals surface area contributed by atoms with Gasteiger partial charge in [0.05, 0.1) is 22.0 Å². The minimum atomic E-state index is -0.576. The summed E-state index contributed by atoms with van der Waals surface area (Å²) in [4.78, 5) is 38.3. The summed E-state index contributed by atoms with van der Waals surface area (Å²) in [5, 5.41) is 14.2. The van der Waals surface area contributed by atoms with Crippen LogP contribution in [-0.4, -0.2) is 44.0 Å². The maximum Gasteiger partial charge on any atom is 0.271 e. The number of nitro groups is 1. The van der Waals surface area contributed by atoms with Crippen LogP contribution in [0.1, 0.15) is 0 Å². The van der Waals surface area contributed by atoms with Crippen molar-refractivity contribution in [2.75, 3.05) is 42.4 Å². The molecule has 2 amide bonds. The molecule has 1 heterocycles. The van der Waals surface area contributed by atoms with E-state index in [9.17, 15) is 19.7 Å². The van der Waals surface area contributed by atoms with Crippen LogP contribution in [0.3, 0.4) is 0 Å². The number of carbonyl (C=O) groups is 2. The number of nitrogens with zero attached hydrogens (tertiary/aromatic N) is 3. The standard InChI is InChI=1S/C18H17ClN4O5/c1-21(2)14-5-3-11(19)7-13(14)20-17(24)9-22-15-8-12(23(26)27)4-6-16(15)28-10-18(22)25/h3-8H,9-10H2,1-2H3,(H,20,24). The van der Waals surface area contributed by atoms with Crippen LogP contribution in [0.4, 0.5) is 22.7 Å². The van der Waals surface area contributed by atoms with Gasteiger partial charge < -0.3 is 15.0 Å². The molecule has 0 radical (unpaired) electrons.